The van der Waals surface area contributed by atoms with Crippen molar-refractivity contribution in [1.29, 1.82) is 0 Å². The maximum Gasteiger partial charge on any atom is 0.103 e. The third-order valence-corrected chi connectivity index (χ3v) is 6.41. The molecule has 140 valence electrons. The Morgan fingerprint density at radius 3 is 2.41 bits per heavy atom. The normalized spacial score (nSPS) is 21.3. The Labute approximate surface area is 163 Å². The van der Waals surface area contributed by atoms with E-state index in [4.69, 9.17) is 11.6 Å². The maximum absolute atomic E-state index is 6.65. The van der Waals surface area contributed by atoms with E-state index >= 15 is 0 Å². The van der Waals surface area contributed by atoms with Crippen molar-refractivity contribution in [3.63, 3.8) is 0 Å². The molecule has 3 aromatic rings. The molecular formula is C20H23ClN6. The lowest BCUT2D eigenvalue weighted by molar-refractivity contribution is 0.248. The van der Waals surface area contributed by atoms with Gasteiger partial charge in [-0.25, -0.2) is 4.68 Å². The van der Waals surface area contributed by atoms with Crippen LogP contribution in [0.15, 0.2) is 30.7 Å². The van der Waals surface area contributed by atoms with Gasteiger partial charge in [0.25, 0.3) is 0 Å². The molecule has 0 bridgehead atoms. The molecule has 0 radical (unpaired) electrons. The van der Waals surface area contributed by atoms with Gasteiger partial charge in [-0.2, -0.15) is 10.2 Å². The van der Waals surface area contributed by atoms with E-state index in [0.717, 1.165) is 59.5 Å². The number of hydrogen-bond acceptors (Lipinski definition) is 4. The van der Waals surface area contributed by atoms with Gasteiger partial charge in [0, 0.05) is 37.6 Å². The summed E-state index contributed by atoms with van der Waals surface area (Å²) < 4.78 is 4.05. The summed E-state index contributed by atoms with van der Waals surface area (Å²) in [4.78, 5) is 5.05. The highest BCUT2D eigenvalue weighted by Crippen LogP contribution is 2.36. The minimum atomic E-state index is 0.577. The molecule has 3 fully saturated rings. The van der Waals surface area contributed by atoms with E-state index in [1.807, 2.05) is 23.1 Å². The van der Waals surface area contributed by atoms with Gasteiger partial charge in [0.2, 0.25) is 0 Å². The molecule has 6 rings (SSSR count). The van der Waals surface area contributed by atoms with Crippen molar-refractivity contribution in [1.82, 2.24) is 24.5 Å². The van der Waals surface area contributed by atoms with Crippen molar-refractivity contribution >= 4 is 28.2 Å². The summed E-state index contributed by atoms with van der Waals surface area (Å²) in [7, 11) is 0. The van der Waals surface area contributed by atoms with Crippen LogP contribution >= 0.6 is 11.6 Å². The largest absolute Gasteiger partial charge is 0.368 e. The molecule has 0 N–H and O–H groups in total. The lowest BCUT2D eigenvalue weighted by Crippen LogP contribution is -2.47. The third-order valence-electron chi connectivity index (χ3n) is 6.11. The lowest BCUT2D eigenvalue weighted by Gasteiger charge is -2.36. The van der Waals surface area contributed by atoms with Gasteiger partial charge in [-0.3, -0.25) is 9.58 Å². The molecule has 2 aromatic heterocycles. The van der Waals surface area contributed by atoms with Crippen molar-refractivity contribution < 1.29 is 0 Å². The number of fused-ring (bicyclic) bond motifs is 1. The maximum atomic E-state index is 6.65. The van der Waals surface area contributed by atoms with Gasteiger partial charge in [-0.15, -0.1) is 0 Å². The number of rotatable bonds is 4. The fraction of sp³-hybridized carbons (Fsp3) is 0.500. The first kappa shape index (κ1) is 16.0. The quantitative estimate of drug-likeness (QED) is 0.692. The highest BCUT2D eigenvalue weighted by Gasteiger charge is 2.31. The summed E-state index contributed by atoms with van der Waals surface area (Å²) in [6.45, 7) is 4.34. The number of halogens is 1. The summed E-state index contributed by atoms with van der Waals surface area (Å²) in [5.41, 5.74) is 3.23. The molecule has 3 aliphatic rings. The van der Waals surface area contributed by atoms with Gasteiger partial charge in [0.1, 0.15) is 5.69 Å². The number of aromatic nitrogens is 4. The molecule has 0 atom stereocenters. The molecule has 0 unspecified atom stereocenters. The fourth-order valence-corrected chi connectivity index (χ4v) is 4.52. The zero-order valence-corrected chi connectivity index (χ0v) is 16.0. The Morgan fingerprint density at radius 2 is 1.67 bits per heavy atom. The first-order valence-corrected chi connectivity index (χ1v) is 10.3. The van der Waals surface area contributed by atoms with E-state index in [1.54, 1.807) is 0 Å². The molecule has 0 spiro atoms. The van der Waals surface area contributed by atoms with E-state index in [-0.39, 0.29) is 0 Å². The predicted molar refractivity (Wildman–Crippen MR) is 107 cm³/mol. The SMILES string of the molecule is Clc1cc2cnn(-c3cnn(C4CC4)c3)c2cc1N1CCN(C2CC2)CC1. The Morgan fingerprint density at radius 1 is 0.889 bits per heavy atom. The topological polar surface area (TPSA) is 42.1 Å². The summed E-state index contributed by atoms with van der Waals surface area (Å²) in [6, 6.07) is 5.67. The molecule has 1 saturated heterocycles. The van der Waals surface area contributed by atoms with Crippen molar-refractivity contribution in [2.75, 3.05) is 31.1 Å². The molecule has 1 aliphatic heterocycles. The van der Waals surface area contributed by atoms with Crippen LogP contribution in [0.1, 0.15) is 31.7 Å². The molecule has 0 amide bonds. The van der Waals surface area contributed by atoms with Crippen LogP contribution in [-0.4, -0.2) is 56.7 Å². The molecule has 3 heterocycles. The minimum absolute atomic E-state index is 0.577. The van der Waals surface area contributed by atoms with Gasteiger partial charge in [-0.1, -0.05) is 11.6 Å². The second kappa shape index (κ2) is 5.97. The molecular weight excluding hydrogens is 360 g/mol. The fourth-order valence-electron chi connectivity index (χ4n) is 4.23. The van der Waals surface area contributed by atoms with Crippen LogP contribution in [-0.2, 0) is 0 Å². The number of piperazine rings is 1. The van der Waals surface area contributed by atoms with Crippen LogP contribution in [0.5, 0.6) is 0 Å². The van der Waals surface area contributed by atoms with Crippen LogP contribution < -0.4 is 4.90 Å². The number of nitrogens with zero attached hydrogens (tertiary/aromatic N) is 6. The Bertz CT molecular complexity index is 991. The van der Waals surface area contributed by atoms with Gasteiger partial charge in [0.15, 0.2) is 0 Å². The molecule has 2 aliphatic carbocycles. The average Bonchev–Trinajstić information content (AvgIpc) is 3.62. The van der Waals surface area contributed by atoms with E-state index < -0.39 is 0 Å². The van der Waals surface area contributed by atoms with E-state index in [1.165, 1.54) is 25.7 Å². The van der Waals surface area contributed by atoms with Crippen LogP contribution in [0.4, 0.5) is 5.69 Å². The van der Waals surface area contributed by atoms with Gasteiger partial charge < -0.3 is 4.90 Å². The van der Waals surface area contributed by atoms with Crippen molar-refractivity contribution in [3.8, 4) is 5.69 Å². The predicted octanol–water partition coefficient (Wildman–Crippen LogP) is 3.49. The Balaban J connectivity index is 1.33. The van der Waals surface area contributed by atoms with Crippen molar-refractivity contribution in [2.45, 2.75) is 37.8 Å². The monoisotopic (exact) mass is 382 g/mol. The summed E-state index contributed by atoms with van der Waals surface area (Å²) >= 11 is 6.65. The number of anilines is 1. The van der Waals surface area contributed by atoms with Crippen LogP contribution in [0, 0.1) is 0 Å². The summed E-state index contributed by atoms with van der Waals surface area (Å²) in [5, 5.41) is 11.0. The molecule has 6 nitrogen and oxygen atoms in total. The minimum Gasteiger partial charge on any atom is -0.368 e. The second-order valence-corrected chi connectivity index (χ2v) is 8.49. The smallest absolute Gasteiger partial charge is 0.103 e. The lowest BCUT2D eigenvalue weighted by atomic mass is 10.2. The van der Waals surface area contributed by atoms with Crippen molar-refractivity contribution in [2.24, 2.45) is 0 Å². The Kier molecular flexibility index (Phi) is 3.53. The molecule has 2 saturated carbocycles. The summed E-state index contributed by atoms with van der Waals surface area (Å²) in [6.07, 6.45) is 11.1. The molecule has 27 heavy (non-hydrogen) atoms. The second-order valence-electron chi connectivity index (χ2n) is 8.08. The number of benzene rings is 1. The Hall–Kier alpha value is -2.05. The number of hydrogen-bond donors (Lipinski definition) is 0. The van der Waals surface area contributed by atoms with Crippen molar-refractivity contribution in [3.05, 3.63) is 35.7 Å². The van der Waals surface area contributed by atoms with Crippen LogP contribution in [0.3, 0.4) is 0 Å². The zero-order valence-electron chi connectivity index (χ0n) is 15.3. The molecule has 1 aromatic carbocycles. The zero-order chi connectivity index (χ0) is 18.0. The van der Waals surface area contributed by atoms with Crippen LogP contribution in [0.25, 0.3) is 16.6 Å². The van der Waals surface area contributed by atoms with Gasteiger partial charge >= 0.3 is 0 Å². The van der Waals surface area contributed by atoms with E-state index in [2.05, 4.69) is 36.9 Å². The standard InChI is InChI=1S/C20H23ClN6/c21-18-9-14-11-23-27(17-12-22-26(13-17)16-3-4-16)19(14)10-20(18)25-7-5-24(6-8-25)15-1-2-15/h9-13,15-16H,1-8H2. The highest BCUT2D eigenvalue weighted by atomic mass is 35.5. The van der Waals surface area contributed by atoms with Crippen LogP contribution in [0.2, 0.25) is 5.02 Å². The third kappa shape index (κ3) is 2.82. The first-order chi connectivity index (χ1) is 13.3. The first-order valence-electron chi connectivity index (χ1n) is 9.97. The van der Waals surface area contributed by atoms with Gasteiger partial charge in [-0.05, 0) is 37.8 Å². The van der Waals surface area contributed by atoms with E-state index in [9.17, 15) is 0 Å². The van der Waals surface area contributed by atoms with Gasteiger partial charge in [0.05, 0.1) is 40.9 Å². The van der Waals surface area contributed by atoms with E-state index in [0.29, 0.717) is 6.04 Å². The molecule has 7 heteroatoms. The summed E-state index contributed by atoms with van der Waals surface area (Å²) in [5.74, 6) is 0. The highest BCUT2D eigenvalue weighted by molar-refractivity contribution is 6.34. The average molecular weight is 383 g/mol.